The third-order valence-corrected chi connectivity index (χ3v) is 11.1. The SMILES string of the molecule is CC(C)Oc1cc(C(=O)O)cc2sc(N3C4CC5CC3C4CC(C)N5Cc3c(-c4ccccc4OC(F)(F)F)noc3C3CC3)nc12. The Labute approximate surface area is 273 Å². The molecule has 3 atom stereocenters. The third kappa shape index (κ3) is 5.41. The standard InChI is InChI=1S/C34H35F3N4O5S/c1-16(2)44-27-11-19(32(42)43)12-28-30(27)38-33(47-28)41-24-13-20-14-25(41)22(24)10-17(3)40(20)15-23-29(39-46-31(23)18-8-9-18)21-6-4-5-7-26(21)45-34(35,36)37/h4-7,11-12,16-18,20,22,24-25H,8-10,13-15H2,1-3H3,(H,42,43). The van der Waals surface area contributed by atoms with Crippen molar-refractivity contribution in [2.45, 2.75) is 102 Å². The van der Waals surface area contributed by atoms with Gasteiger partial charge in [0.2, 0.25) is 0 Å². The fourth-order valence-corrected chi connectivity index (χ4v) is 9.20. The van der Waals surface area contributed by atoms with E-state index in [-0.39, 0.29) is 41.0 Å². The Morgan fingerprint density at radius 2 is 1.87 bits per heavy atom. The van der Waals surface area contributed by atoms with Crippen molar-refractivity contribution < 1.29 is 37.1 Å². The van der Waals surface area contributed by atoms with Crippen molar-refractivity contribution in [3.63, 3.8) is 0 Å². The summed E-state index contributed by atoms with van der Waals surface area (Å²) in [6, 6.07) is 10.5. The van der Waals surface area contributed by atoms with Crippen LogP contribution in [-0.4, -0.2) is 62.8 Å². The fourth-order valence-electron chi connectivity index (χ4n) is 8.06. The minimum Gasteiger partial charge on any atom is -0.489 e. The number of thiazole rings is 1. The number of benzene rings is 2. The lowest BCUT2D eigenvalue weighted by Crippen LogP contribution is -2.69. The first-order valence-electron chi connectivity index (χ1n) is 16.2. The molecule has 9 nitrogen and oxygen atoms in total. The van der Waals surface area contributed by atoms with Gasteiger partial charge in [-0.1, -0.05) is 28.6 Å². The molecule has 10 rings (SSSR count). The summed E-state index contributed by atoms with van der Waals surface area (Å²) in [5.74, 6) is 0.692. The van der Waals surface area contributed by atoms with E-state index in [1.807, 2.05) is 13.8 Å². The summed E-state index contributed by atoms with van der Waals surface area (Å²) in [5, 5.41) is 14.9. The van der Waals surface area contributed by atoms with Crippen molar-refractivity contribution >= 4 is 32.7 Å². The molecule has 6 fully saturated rings. The first kappa shape index (κ1) is 30.5. The number of carboxylic acids is 1. The van der Waals surface area contributed by atoms with E-state index < -0.39 is 12.3 Å². The van der Waals surface area contributed by atoms with Crippen molar-refractivity contribution in [1.82, 2.24) is 15.0 Å². The van der Waals surface area contributed by atoms with Gasteiger partial charge in [0.05, 0.1) is 16.4 Å². The molecular weight excluding hydrogens is 633 g/mol. The normalized spacial score (nSPS) is 25.7. The van der Waals surface area contributed by atoms with Gasteiger partial charge in [-0.05, 0) is 77.1 Å². The van der Waals surface area contributed by atoms with Crippen molar-refractivity contribution in [2.75, 3.05) is 4.90 Å². The van der Waals surface area contributed by atoms with Crippen LogP contribution in [0.1, 0.15) is 80.5 Å². The maximum atomic E-state index is 13.3. The number of nitrogens with zero attached hydrogens (tertiary/aromatic N) is 4. The zero-order chi connectivity index (χ0) is 32.8. The Kier molecular flexibility index (Phi) is 7.21. The minimum absolute atomic E-state index is 0.125. The van der Waals surface area contributed by atoms with Crippen LogP contribution in [-0.2, 0) is 6.54 Å². The second kappa shape index (κ2) is 11.1. The van der Waals surface area contributed by atoms with E-state index in [1.165, 1.54) is 23.5 Å². The minimum atomic E-state index is -4.82. The maximum Gasteiger partial charge on any atom is 0.573 e. The van der Waals surface area contributed by atoms with Gasteiger partial charge >= 0.3 is 12.3 Å². The highest BCUT2D eigenvalue weighted by Gasteiger charge is 2.58. The molecule has 4 aliphatic heterocycles. The number of hydrogen-bond acceptors (Lipinski definition) is 9. The Balaban J connectivity index is 1.08. The highest BCUT2D eigenvalue weighted by atomic mass is 32.1. The molecule has 248 valence electrons. The predicted molar refractivity (Wildman–Crippen MR) is 169 cm³/mol. The summed E-state index contributed by atoms with van der Waals surface area (Å²) in [7, 11) is 0. The molecule has 0 amide bonds. The number of fused-ring (bicyclic) bond motifs is 3. The number of carboxylic acid groups (broad SMARTS) is 1. The summed E-state index contributed by atoms with van der Waals surface area (Å²) in [6.45, 7) is 6.60. The summed E-state index contributed by atoms with van der Waals surface area (Å²) in [6.07, 6.45) is -0.139. The van der Waals surface area contributed by atoms with Gasteiger partial charge in [-0.2, -0.15) is 0 Å². The van der Waals surface area contributed by atoms with E-state index >= 15 is 0 Å². The van der Waals surface area contributed by atoms with Gasteiger partial charge in [-0.25, -0.2) is 9.78 Å². The number of aromatic nitrogens is 2. The molecule has 4 bridgehead atoms. The van der Waals surface area contributed by atoms with Crippen LogP contribution in [0.2, 0.25) is 0 Å². The molecule has 4 aromatic rings. The number of alkyl halides is 3. The molecule has 6 aliphatic rings. The van der Waals surface area contributed by atoms with Gasteiger partial charge in [-0.15, -0.1) is 13.2 Å². The number of halogens is 3. The van der Waals surface area contributed by atoms with Crippen LogP contribution in [0, 0.1) is 5.92 Å². The molecule has 2 aliphatic carbocycles. The Morgan fingerprint density at radius 3 is 2.55 bits per heavy atom. The van der Waals surface area contributed by atoms with Crippen molar-refractivity contribution in [1.29, 1.82) is 0 Å². The Bertz CT molecular complexity index is 1840. The number of ether oxygens (including phenoxy) is 2. The number of carbonyl (C=O) groups is 1. The first-order valence-corrected chi connectivity index (χ1v) is 17.0. The van der Waals surface area contributed by atoms with Crippen LogP contribution < -0.4 is 14.4 Å². The van der Waals surface area contributed by atoms with Crippen LogP contribution in [0.3, 0.4) is 0 Å². The van der Waals surface area contributed by atoms with Crippen LogP contribution in [0.5, 0.6) is 11.5 Å². The van der Waals surface area contributed by atoms with E-state index in [4.69, 9.17) is 14.2 Å². The molecular formula is C34H35F3N4O5S. The molecule has 2 aromatic carbocycles. The predicted octanol–water partition coefficient (Wildman–Crippen LogP) is 7.84. The van der Waals surface area contributed by atoms with Gasteiger partial charge in [0.1, 0.15) is 28.5 Å². The lowest BCUT2D eigenvalue weighted by atomic mass is 9.68. The zero-order valence-corrected chi connectivity index (χ0v) is 27.0. The van der Waals surface area contributed by atoms with E-state index in [0.29, 0.717) is 41.5 Å². The lowest BCUT2D eigenvalue weighted by molar-refractivity contribution is -0.274. The highest BCUT2D eigenvalue weighted by Crippen LogP contribution is 2.55. The monoisotopic (exact) mass is 668 g/mol. The average Bonchev–Trinajstić information content (AvgIpc) is 3.67. The van der Waals surface area contributed by atoms with Crippen LogP contribution in [0.4, 0.5) is 18.3 Å². The van der Waals surface area contributed by atoms with E-state index in [2.05, 4.69) is 26.6 Å². The fraction of sp³-hybridized carbons (Fsp3) is 0.500. The van der Waals surface area contributed by atoms with Gasteiger partial charge in [0, 0.05) is 53.7 Å². The Morgan fingerprint density at radius 1 is 1.13 bits per heavy atom. The third-order valence-electron chi connectivity index (χ3n) is 10.1. The molecule has 2 saturated carbocycles. The van der Waals surface area contributed by atoms with Crippen LogP contribution in [0.15, 0.2) is 40.9 Å². The number of rotatable bonds is 9. The Hall–Kier alpha value is -3.84. The topological polar surface area (TPSA) is 101 Å². The molecule has 2 aromatic heterocycles. The van der Waals surface area contributed by atoms with Crippen molar-refractivity contribution in [2.24, 2.45) is 5.92 Å². The lowest BCUT2D eigenvalue weighted by Gasteiger charge is -2.60. The number of aromatic carboxylic acids is 1. The average molecular weight is 669 g/mol. The van der Waals surface area contributed by atoms with Crippen molar-refractivity contribution in [3.8, 4) is 22.8 Å². The molecule has 4 saturated heterocycles. The van der Waals surface area contributed by atoms with Gasteiger partial charge in [0.15, 0.2) is 5.13 Å². The van der Waals surface area contributed by atoms with E-state index in [9.17, 15) is 23.1 Å². The van der Waals surface area contributed by atoms with Crippen LogP contribution >= 0.6 is 11.3 Å². The first-order chi connectivity index (χ1) is 22.4. The second-order valence-corrected chi connectivity index (χ2v) is 14.6. The van der Waals surface area contributed by atoms with Gasteiger partial charge in [-0.3, -0.25) is 4.90 Å². The van der Waals surface area contributed by atoms with Crippen molar-refractivity contribution in [3.05, 3.63) is 53.3 Å². The zero-order valence-electron chi connectivity index (χ0n) is 26.2. The molecule has 13 heteroatoms. The maximum absolute atomic E-state index is 13.3. The molecule has 3 unspecified atom stereocenters. The smallest absolute Gasteiger partial charge is 0.489 e. The largest absolute Gasteiger partial charge is 0.573 e. The summed E-state index contributed by atoms with van der Waals surface area (Å²) in [4.78, 5) is 21.8. The quantitative estimate of drug-likeness (QED) is 0.191. The van der Waals surface area contributed by atoms with Crippen LogP contribution in [0.25, 0.3) is 21.5 Å². The molecule has 0 spiro atoms. The van der Waals surface area contributed by atoms with Gasteiger partial charge < -0.3 is 24.0 Å². The number of hydrogen-bond donors (Lipinski definition) is 1. The van der Waals surface area contributed by atoms with E-state index in [1.54, 1.807) is 24.3 Å². The highest BCUT2D eigenvalue weighted by molar-refractivity contribution is 7.22. The van der Waals surface area contributed by atoms with E-state index in [0.717, 1.165) is 53.3 Å². The summed E-state index contributed by atoms with van der Waals surface area (Å²) in [5.41, 5.74) is 2.41. The summed E-state index contributed by atoms with van der Waals surface area (Å²) < 4.78 is 57.0. The number of piperidine rings is 1. The number of anilines is 1. The summed E-state index contributed by atoms with van der Waals surface area (Å²) >= 11 is 1.51. The van der Waals surface area contributed by atoms with Gasteiger partial charge in [0.25, 0.3) is 0 Å². The number of para-hydroxylation sites is 1. The molecule has 1 N–H and O–H groups in total. The molecule has 0 radical (unpaired) electrons. The molecule has 6 heterocycles. The molecule has 47 heavy (non-hydrogen) atoms. The second-order valence-electron chi connectivity index (χ2n) is 13.6.